The number of cyclic esters (lactones) is 1. The van der Waals surface area contributed by atoms with Crippen molar-refractivity contribution in [2.45, 2.75) is 59.0 Å². The van der Waals surface area contributed by atoms with E-state index in [9.17, 15) is 19.5 Å². The van der Waals surface area contributed by atoms with Crippen molar-refractivity contribution in [3.05, 3.63) is 34.4 Å². The van der Waals surface area contributed by atoms with Crippen LogP contribution in [0.4, 0.5) is 4.79 Å². The molecule has 1 amide bonds. The third-order valence-electron chi connectivity index (χ3n) is 5.71. The number of carbonyl (C=O) groups is 3. The molecule has 0 unspecified atom stereocenters. The van der Waals surface area contributed by atoms with Crippen LogP contribution in [-0.2, 0) is 20.9 Å². The minimum absolute atomic E-state index is 0.0130. The fourth-order valence-corrected chi connectivity index (χ4v) is 4.79. The molecule has 0 aromatic heterocycles. The fourth-order valence-electron chi connectivity index (χ4n) is 4.05. The molecule has 8 nitrogen and oxygen atoms in total. The number of β-amino-alcohol motifs (C(OH)–C–C–N with tert-alkyl or cyclic N) is 1. The van der Waals surface area contributed by atoms with Crippen molar-refractivity contribution in [1.82, 2.24) is 9.80 Å². The molecule has 1 saturated heterocycles. The van der Waals surface area contributed by atoms with Crippen LogP contribution in [0.5, 0.6) is 0 Å². The largest absolute Gasteiger partial charge is 0.457 e. The summed E-state index contributed by atoms with van der Waals surface area (Å²) in [5.74, 6) is 0.191. The fraction of sp³-hybridized carbons (Fsp3) is 0.609. The van der Waals surface area contributed by atoms with Crippen LogP contribution in [0.1, 0.15) is 60.8 Å². The lowest BCUT2D eigenvalue weighted by Gasteiger charge is -2.42. The van der Waals surface area contributed by atoms with Crippen LogP contribution in [0.2, 0.25) is 0 Å². The Labute approximate surface area is 193 Å². The lowest BCUT2D eigenvalue weighted by atomic mass is 9.95. The van der Waals surface area contributed by atoms with E-state index in [1.807, 2.05) is 27.7 Å². The van der Waals surface area contributed by atoms with Crippen LogP contribution >= 0.6 is 11.8 Å². The molecular weight excluding hydrogens is 432 g/mol. The van der Waals surface area contributed by atoms with Gasteiger partial charge < -0.3 is 19.5 Å². The van der Waals surface area contributed by atoms with Gasteiger partial charge in [0, 0.05) is 50.5 Å². The summed E-state index contributed by atoms with van der Waals surface area (Å²) >= 11 is 1.22. The quantitative estimate of drug-likeness (QED) is 0.665. The molecule has 0 saturated carbocycles. The first-order chi connectivity index (χ1) is 15.0. The highest BCUT2D eigenvalue weighted by Crippen LogP contribution is 2.30. The Kier molecular flexibility index (Phi) is 7.52. The monoisotopic (exact) mass is 464 g/mol. The second-order valence-corrected chi connectivity index (χ2v) is 10.5. The molecule has 0 radical (unpaired) electrons. The van der Waals surface area contributed by atoms with E-state index in [0.717, 1.165) is 16.7 Å². The summed E-state index contributed by atoms with van der Waals surface area (Å²) in [6.45, 7) is 11.0. The zero-order valence-electron chi connectivity index (χ0n) is 19.3. The zero-order valence-corrected chi connectivity index (χ0v) is 20.2. The summed E-state index contributed by atoms with van der Waals surface area (Å²) in [4.78, 5) is 39.7. The molecule has 1 aromatic carbocycles. The molecule has 0 bridgehead atoms. The van der Waals surface area contributed by atoms with Gasteiger partial charge in [-0.2, -0.15) is 0 Å². The van der Waals surface area contributed by atoms with Crippen molar-refractivity contribution in [2.24, 2.45) is 0 Å². The molecule has 0 spiro atoms. The van der Waals surface area contributed by atoms with Gasteiger partial charge in [-0.1, -0.05) is 17.8 Å². The second-order valence-electron chi connectivity index (χ2n) is 9.28. The van der Waals surface area contributed by atoms with E-state index in [-0.39, 0.29) is 29.8 Å². The molecule has 0 aliphatic carbocycles. The van der Waals surface area contributed by atoms with Crippen LogP contribution < -0.4 is 0 Å². The molecule has 2 heterocycles. The Morgan fingerprint density at radius 2 is 2.03 bits per heavy atom. The summed E-state index contributed by atoms with van der Waals surface area (Å²) < 4.78 is 10.6. The highest BCUT2D eigenvalue weighted by Gasteiger charge is 2.34. The van der Waals surface area contributed by atoms with Gasteiger partial charge in [-0.15, -0.1) is 0 Å². The standard InChI is InChI=1S/C23H32N2O6S/c1-14-17(6-7-18-19(14)12-30-21(18)28)20(27)11-24-8-9-25(22(29)31-23(3,4)5)10-16(24)13-32-15(2)26/h6-7,16,20,27H,8-13H2,1-5H3/t16-,20-/m0/s1. The average Bonchev–Trinajstić information content (AvgIpc) is 3.07. The number of aliphatic hydroxyl groups excluding tert-OH is 1. The predicted octanol–water partition coefficient (Wildman–Crippen LogP) is 2.90. The molecule has 2 aliphatic rings. The number of ether oxygens (including phenoxy) is 2. The number of fused-ring (bicyclic) bond motifs is 1. The molecule has 1 N–H and O–H groups in total. The maximum absolute atomic E-state index is 12.6. The SMILES string of the molecule is CC(=O)SC[C@@H]1CN(C(=O)OC(C)(C)C)CCN1C[C@H](O)c1ccc2c(c1C)COC2=O. The number of aliphatic hydroxyl groups is 1. The van der Waals surface area contributed by atoms with E-state index in [0.29, 0.717) is 37.5 Å². The van der Waals surface area contributed by atoms with Crippen molar-refractivity contribution in [3.8, 4) is 0 Å². The zero-order chi connectivity index (χ0) is 23.6. The summed E-state index contributed by atoms with van der Waals surface area (Å²) in [7, 11) is 0. The van der Waals surface area contributed by atoms with Gasteiger partial charge in [-0.25, -0.2) is 9.59 Å². The topological polar surface area (TPSA) is 96.4 Å². The Balaban J connectivity index is 1.72. The van der Waals surface area contributed by atoms with E-state index >= 15 is 0 Å². The van der Waals surface area contributed by atoms with Gasteiger partial charge in [0.25, 0.3) is 0 Å². The molecule has 1 aromatic rings. The van der Waals surface area contributed by atoms with Gasteiger partial charge in [0.15, 0.2) is 5.12 Å². The third-order valence-corrected chi connectivity index (χ3v) is 6.67. The van der Waals surface area contributed by atoms with Crippen molar-refractivity contribution >= 4 is 28.9 Å². The first-order valence-electron chi connectivity index (χ1n) is 10.8. The predicted molar refractivity (Wildman–Crippen MR) is 122 cm³/mol. The first kappa shape index (κ1) is 24.5. The molecular formula is C23H32N2O6S. The highest BCUT2D eigenvalue weighted by atomic mass is 32.2. The molecule has 176 valence electrons. The number of rotatable bonds is 5. The summed E-state index contributed by atoms with van der Waals surface area (Å²) in [5, 5.41) is 11.0. The van der Waals surface area contributed by atoms with Crippen LogP contribution in [0.3, 0.4) is 0 Å². The minimum Gasteiger partial charge on any atom is -0.457 e. The van der Waals surface area contributed by atoms with Gasteiger partial charge in [0.2, 0.25) is 0 Å². The van der Waals surface area contributed by atoms with Crippen molar-refractivity contribution in [1.29, 1.82) is 0 Å². The van der Waals surface area contributed by atoms with E-state index in [1.54, 1.807) is 17.0 Å². The van der Waals surface area contributed by atoms with Gasteiger partial charge in [0.1, 0.15) is 12.2 Å². The number of amides is 1. The van der Waals surface area contributed by atoms with E-state index in [1.165, 1.54) is 18.7 Å². The number of piperazine rings is 1. The highest BCUT2D eigenvalue weighted by molar-refractivity contribution is 8.13. The van der Waals surface area contributed by atoms with Gasteiger partial charge >= 0.3 is 12.1 Å². The molecule has 1 fully saturated rings. The third kappa shape index (κ3) is 5.82. The Morgan fingerprint density at radius 1 is 1.31 bits per heavy atom. The Hall–Kier alpha value is -2.10. The van der Waals surface area contributed by atoms with E-state index in [2.05, 4.69) is 4.90 Å². The summed E-state index contributed by atoms with van der Waals surface area (Å²) in [5.41, 5.74) is 2.42. The van der Waals surface area contributed by atoms with Crippen molar-refractivity contribution in [3.63, 3.8) is 0 Å². The lowest BCUT2D eigenvalue weighted by Crippen LogP contribution is -2.57. The number of thioether (sulfide) groups is 1. The molecule has 9 heteroatoms. The van der Waals surface area contributed by atoms with Crippen molar-refractivity contribution < 1.29 is 29.0 Å². The molecule has 2 aliphatic heterocycles. The smallest absolute Gasteiger partial charge is 0.410 e. The van der Waals surface area contributed by atoms with Crippen LogP contribution in [0.15, 0.2) is 12.1 Å². The normalized spacial score (nSPS) is 20.0. The van der Waals surface area contributed by atoms with Gasteiger partial charge in [-0.3, -0.25) is 9.69 Å². The van der Waals surface area contributed by atoms with E-state index in [4.69, 9.17) is 9.47 Å². The Bertz CT molecular complexity index is 897. The van der Waals surface area contributed by atoms with Crippen LogP contribution in [-0.4, -0.2) is 75.7 Å². The second kappa shape index (κ2) is 9.80. The van der Waals surface area contributed by atoms with Crippen LogP contribution in [0, 0.1) is 6.92 Å². The summed E-state index contributed by atoms with van der Waals surface area (Å²) in [6, 6.07) is 3.39. The van der Waals surface area contributed by atoms with Crippen molar-refractivity contribution in [2.75, 3.05) is 31.9 Å². The number of carbonyl (C=O) groups excluding carboxylic acids is 3. The number of benzene rings is 1. The van der Waals surface area contributed by atoms with Crippen LogP contribution in [0.25, 0.3) is 0 Å². The number of nitrogens with zero attached hydrogens (tertiary/aromatic N) is 2. The Morgan fingerprint density at radius 3 is 2.69 bits per heavy atom. The number of esters is 1. The van der Waals surface area contributed by atoms with E-state index < -0.39 is 11.7 Å². The molecule has 2 atom stereocenters. The maximum atomic E-state index is 12.6. The number of hydrogen-bond donors (Lipinski definition) is 1. The lowest BCUT2D eigenvalue weighted by molar-refractivity contribution is -0.109. The molecule has 32 heavy (non-hydrogen) atoms. The first-order valence-corrected chi connectivity index (χ1v) is 11.8. The maximum Gasteiger partial charge on any atom is 0.410 e. The minimum atomic E-state index is -0.770. The van der Waals surface area contributed by atoms with Gasteiger partial charge in [0.05, 0.1) is 11.7 Å². The average molecular weight is 465 g/mol. The van der Waals surface area contributed by atoms with Gasteiger partial charge in [-0.05, 0) is 44.9 Å². The molecule has 3 rings (SSSR count). The number of hydrogen-bond acceptors (Lipinski definition) is 8. The summed E-state index contributed by atoms with van der Waals surface area (Å²) in [6.07, 6.45) is -1.14.